The lowest BCUT2D eigenvalue weighted by Gasteiger charge is -2.29. The summed E-state index contributed by atoms with van der Waals surface area (Å²) in [4.78, 5) is 29.1. The minimum absolute atomic E-state index is 0.0241. The molecule has 0 radical (unpaired) electrons. The number of nitrogens with zero attached hydrogens (tertiary/aromatic N) is 2. The van der Waals surface area contributed by atoms with E-state index in [0.29, 0.717) is 13.0 Å². The van der Waals surface area contributed by atoms with Gasteiger partial charge in [-0.3, -0.25) is 9.78 Å². The molecule has 0 spiro atoms. The molecule has 4 rings (SSSR count). The Labute approximate surface area is 164 Å². The number of ether oxygens (including phenoxy) is 1. The molecular formula is C22H23N3O3. The van der Waals surface area contributed by atoms with Gasteiger partial charge in [-0.1, -0.05) is 13.0 Å². The number of pyridine rings is 1. The lowest BCUT2D eigenvalue weighted by Crippen LogP contribution is -2.30. The third-order valence-electron chi connectivity index (χ3n) is 5.55. The molecule has 2 aliphatic rings. The monoisotopic (exact) mass is 377 g/mol. The quantitative estimate of drug-likeness (QED) is 0.831. The maximum absolute atomic E-state index is 11.9. The molecule has 1 atom stereocenters. The molecule has 1 aliphatic heterocycles. The number of fused-ring (bicyclic) bond motifs is 2. The van der Waals surface area contributed by atoms with Crippen molar-refractivity contribution in [3.05, 3.63) is 53.2 Å². The summed E-state index contributed by atoms with van der Waals surface area (Å²) in [6.45, 7) is 2.21. The van der Waals surface area contributed by atoms with Crippen LogP contribution in [0.15, 0.2) is 36.5 Å². The summed E-state index contributed by atoms with van der Waals surface area (Å²) in [5.74, 6) is 2.10. The lowest BCUT2D eigenvalue weighted by atomic mass is 9.84. The number of anilines is 1. The molecule has 0 unspecified atom stereocenters. The summed E-state index contributed by atoms with van der Waals surface area (Å²) in [6.07, 6.45) is 7.20. The molecular weight excluding hydrogens is 354 g/mol. The van der Waals surface area contributed by atoms with Gasteiger partial charge in [0.1, 0.15) is 6.61 Å². The van der Waals surface area contributed by atoms with Crippen LogP contribution in [0.3, 0.4) is 0 Å². The van der Waals surface area contributed by atoms with Gasteiger partial charge >= 0.3 is 0 Å². The second-order valence-electron chi connectivity index (χ2n) is 7.22. The maximum atomic E-state index is 11.9. The third kappa shape index (κ3) is 3.16. The van der Waals surface area contributed by atoms with Gasteiger partial charge in [-0.2, -0.15) is 0 Å². The van der Waals surface area contributed by atoms with E-state index in [2.05, 4.69) is 22.4 Å². The highest BCUT2D eigenvalue weighted by atomic mass is 16.5. The van der Waals surface area contributed by atoms with E-state index in [0.717, 1.165) is 47.2 Å². The number of nitrogens with one attached hydrogen (secondary N) is 1. The normalized spacial score (nSPS) is 17.9. The highest BCUT2D eigenvalue weighted by molar-refractivity contribution is 5.77. The summed E-state index contributed by atoms with van der Waals surface area (Å²) < 4.78 is 5.50. The van der Waals surface area contributed by atoms with Gasteiger partial charge in [0, 0.05) is 37.0 Å². The van der Waals surface area contributed by atoms with Crippen LogP contribution in [-0.2, 0) is 27.4 Å². The zero-order chi connectivity index (χ0) is 19.7. The van der Waals surface area contributed by atoms with E-state index < -0.39 is 0 Å². The fourth-order valence-corrected chi connectivity index (χ4v) is 4.06. The Balaban J connectivity index is 1.72. The highest BCUT2D eigenvalue weighted by Gasteiger charge is 2.25. The highest BCUT2D eigenvalue weighted by Crippen LogP contribution is 2.38. The van der Waals surface area contributed by atoms with E-state index in [1.165, 1.54) is 5.56 Å². The van der Waals surface area contributed by atoms with Gasteiger partial charge < -0.3 is 15.0 Å². The van der Waals surface area contributed by atoms with Crippen LogP contribution >= 0.6 is 0 Å². The molecule has 1 aromatic heterocycles. The fourth-order valence-electron chi connectivity index (χ4n) is 4.06. The van der Waals surface area contributed by atoms with Crippen LogP contribution in [0.4, 0.5) is 5.69 Å². The molecule has 28 heavy (non-hydrogen) atoms. The first-order valence-electron chi connectivity index (χ1n) is 9.63. The number of benzene rings is 1. The van der Waals surface area contributed by atoms with Crippen molar-refractivity contribution in [2.24, 2.45) is 0 Å². The van der Waals surface area contributed by atoms with Crippen molar-refractivity contribution in [3.63, 3.8) is 0 Å². The summed E-state index contributed by atoms with van der Waals surface area (Å²) in [6, 6.07) is 6.17. The van der Waals surface area contributed by atoms with Crippen LogP contribution in [0.25, 0.3) is 11.1 Å². The van der Waals surface area contributed by atoms with Gasteiger partial charge in [-0.05, 0) is 48.1 Å². The molecule has 0 fully saturated rings. The van der Waals surface area contributed by atoms with Gasteiger partial charge in [0.05, 0.1) is 11.7 Å². The molecule has 0 saturated carbocycles. The van der Waals surface area contributed by atoms with Gasteiger partial charge in [0.25, 0.3) is 5.88 Å². The van der Waals surface area contributed by atoms with Crippen molar-refractivity contribution in [1.82, 2.24) is 10.3 Å². The van der Waals surface area contributed by atoms with Crippen LogP contribution in [0, 0.1) is 0 Å². The van der Waals surface area contributed by atoms with Gasteiger partial charge in [-0.25, -0.2) is 4.79 Å². The number of aromatic nitrogens is 1. The number of carbonyl (C=O) groups is 1. The van der Waals surface area contributed by atoms with Gasteiger partial charge in [0.15, 0.2) is 5.94 Å². The molecule has 2 heterocycles. The average molecular weight is 377 g/mol. The predicted octanol–water partition coefficient (Wildman–Crippen LogP) is 3.29. The van der Waals surface area contributed by atoms with Crippen LogP contribution in [0.1, 0.15) is 48.9 Å². The van der Waals surface area contributed by atoms with Crippen molar-refractivity contribution in [2.75, 3.05) is 11.9 Å². The first kappa shape index (κ1) is 18.3. The van der Waals surface area contributed by atoms with E-state index in [9.17, 15) is 9.59 Å². The number of amides is 1. The smallest absolute Gasteiger partial charge is 0.282 e. The van der Waals surface area contributed by atoms with E-state index in [1.807, 2.05) is 31.3 Å². The van der Waals surface area contributed by atoms with Crippen LogP contribution < -0.4 is 10.2 Å². The Morgan fingerprint density at radius 3 is 3.04 bits per heavy atom. The number of carbonyl (C=O) groups excluding carboxylic acids is 2. The van der Waals surface area contributed by atoms with Crippen LogP contribution in [0.2, 0.25) is 0 Å². The van der Waals surface area contributed by atoms with Crippen LogP contribution in [-0.4, -0.2) is 23.9 Å². The fraction of sp³-hybridized carbons (Fsp3) is 0.364. The summed E-state index contributed by atoms with van der Waals surface area (Å²) in [7, 11) is 1.80. The molecule has 1 aliphatic carbocycles. The minimum Gasteiger partial charge on any atom is -0.466 e. The largest absolute Gasteiger partial charge is 0.466 e. The van der Waals surface area contributed by atoms with Crippen molar-refractivity contribution >= 4 is 17.5 Å². The minimum atomic E-state index is 0.0241. The van der Waals surface area contributed by atoms with E-state index in [4.69, 9.17) is 4.74 Å². The Kier molecular flexibility index (Phi) is 4.88. The average Bonchev–Trinajstić information content (AvgIpc) is 2.73. The van der Waals surface area contributed by atoms with Crippen LogP contribution in [0.5, 0.6) is 0 Å². The number of hydrogen-bond acceptors (Lipinski definition) is 5. The topological polar surface area (TPSA) is 71.5 Å². The third-order valence-corrected chi connectivity index (χ3v) is 5.55. The lowest BCUT2D eigenvalue weighted by molar-refractivity contribution is -0.121. The molecule has 2 aromatic rings. The molecule has 6 heteroatoms. The first-order chi connectivity index (χ1) is 13.6. The Morgan fingerprint density at radius 2 is 2.25 bits per heavy atom. The Morgan fingerprint density at radius 1 is 1.39 bits per heavy atom. The Hall–Kier alpha value is -3.11. The number of rotatable bonds is 3. The van der Waals surface area contributed by atoms with Crippen molar-refractivity contribution in [1.29, 1.82) is 0 Å². The zero-order valence-corrected chi connectivity index (χ0v) is 16.1. The van der Waals surface area contributed by atoms with E-state index in [1.54, 1.807) is 11.9 Å². The van der Waals surface area contributed by atoms with Gasteiger partial charge in [-0.15, -0.1) is 0 Å². The van der Waals surface area contributed by atoms with Gasteiger partial charge in [0.2, 0.25) is 5.91 Å². The first-order valence-corrected chi connectivity index (χ1v) is 9.63. The maximum Gasteiger partial charge on any atom is 0.282 e. The van der Waals surface area contributed by atoms with E-state index in [-0.39, 0.29) is 17.8 Å². The number of hydrogen-bond donors (Lipinski definition) is 1. The Bertz CT molecular complexity index is 979. The molecule has 1 aromatic carbocycles. The van der Waals surface area contributed by atoms with E-state index >= 15 is 0 Å². The molecule has 0 saturated heterocycles. The molecule has 144 valence electrons. The second kappa shape index (κ2) is 7.49. The van der Waals surface area contributed by atoms with Crippen molar-refractivity contribution in [2.45, 2.75) is 45.3 Å². The second-order valence-corrected chi connectivity index (χ2v) is 7.22. The van der Waals surface area contributed by atoms with Crippen molar-refractivity contribution < 1.29 is 14.3 Å². The summed E-state index contributed by atoms with van der Waals surface area (Å²) in [5.41, 5.74) is 6.49. The van der Waals surface area contributed by atoms with Crippen molar-refractivity contribution in [3.8, 4) is 11.1 Å². The predicted molar refractivity (Wildman–Crippen MR) is 106 cm³/mol. The molecule has 0 bridgehead atoms. The summed E-state index contributed by atoms with van der Waals surface area (Å²) >= 11 is 0. The molecule has 1 amide bonds. The standard InChI is InChI=1S/C22H23N3O3/c1-3-21(27)24-19-6-4-5-16-17(10-23-11-18(16)19)14-7-8-20-15(9-14)13-28-22(12-26)25(20)2/h7-11,19H,3-6,13H2,1-2H3,(H,24,27)/t19-/m0/s1. The molecule has 6 nitrogen and oxygen atoms in total. The molecule has 1 N–H and O–H groups in total. The SMILES string of the molecule is CCC(=O)N[C@H]1CCCc2c(-c3ccc4c(c3)COC(=C=O)N4C)cncc21. The summed E-state index contributed by atoms with van der Waals surface area (Å²) in [5, 5.41) is 3.13. The zero-order valence-electron chi connectivity index (χ0n) is 16.1.